The van der Waals surface area contributed by atoms with Gasteiger partial charge < -0.3 is 10.1 Å². The average Bonchev–Trinajstić information content (AvgIpc) is 2.54. The zero-order valence-corrected chi connectivity index (χ0v) is 11.7. The highest BCUT2D eigenvalue weighted by Crippen LogP contribution is 2.25. The first-order chi connectivity index (χ1) is 7.77. The summed E-state index contributed by atoms with van der Waals surface area (Å²) >= 11 is 0. The van der Waals surface area contributed by atoms with E-state index in [1.807, 2.05) is 20.8 Å². The molecule has 1 aliphatic rings. The Labute approximate surface area is 104 Å². The topological polar surface area (TPSA) is 50.7 Å². The molecule has 1 N–H and O–H groups in total. The molecule has 1 rings (SSSR count). The summed E-state index contributed by atoms with van der Waals surface area (Å²) in [6.45, 7) is 12.8. The van der Waals surface area contributed by atoms with Crippen LogP contribution in [0.2, 0.25) is 0 Å². The number of hydrogen-bond acceptors (Lipinski definition) is 3. The summed E-state index contributed by atoms with van der Waals surface area (Å²) in [6, 6.07) is -0.268. The number of aliphatic imine (C=N–C) groups is 1. The zero-order valence-electron chi connectivity index (χ0n) is 11.7. The fourth-order valence-corrected chi connectivity index (χ4v) is 1.93. The predicted octanol–water partition coefficient (Wildman–Crippen LogP) is 1.99. The minimum atomic E-state index is -0.268. The maximum Gasteiger partial charge on any atom is 0.250 e. The van der Waals surface area contributed by atoms with E-state index in [-0.39, 0.29) is 29.4 Å². The molecule has 0 saturated heterocycles. The minimum absolute atomic E-state index is 0.0102. The van der Waals surface area contributed by atoms with E-state index in [2.05, 4.69) is 31.1 Å². The van der Waals surface area contributed by atoms with E-state index in [4.69, 9.17) is 4.74 Å². The summed E-state index contributed by atoms with van der Waals surface area (Å²) < 4.78 is 5.72. The molecule has 0 aliphatic carbocycles. The van der Waals surface area contributed by atoms with Gasteiger partial charge >= 0.3 is 0 Å². The van der Waals surface area contributed by atoms with E-state index in [1.165, 1.54) is 0 Å². The molecule has 1 amide bonds. The highest BCUT2D eigenvalue weighted by molar-refractivity contribution is 6.08. The van der Waals surface area contributed by atoms with Gasteiger partial charge in [0.05, 0.1) is 0 Å². The first-order valence-corrected chi connectivity index (χ1v) is 6.27. The smallest absolute Gasteiger partial charge is 0.250 e. The number of nitrogens with zero attached hydrogens (tertiary/aromatic N) is 1. The quantitative estimate of drug-likeness (QED) is 0.817. The lowest BCUT2D eigenvalue weighted by Gasteiger charge is -2.30. The summed E-state index contributed by atoms with van der Waals surface area (Å²) in [5, 5.41) is 2.86. The maximum absolute atomic E-state index is 11.8. The van der Waals surface area contributed by atoms with Gasteiger partial charge in [0.15, 0.2) is 0 Å². The molecule has 0 radical (unpaired) electrons. The fraction of sp³-hybridized carbons (Fsp3) is 0.846. The van der Waals surface area contributed by atoms with E-state index < -0.39 is 0 Å². The highest BCUT2D eigenvalue weighted by atomic mass is 16.5. The van der Waals surface area contributed by atoms with Crippen LogP contribution in [0.15, 0.2) is 4.99 Å². The fourth-order valence-electron chi connectivity index (χ4n) is 1.93. The van der Waals surface area contributed by atoms with Gasteiger partial charge in [-0.3, -0.25) is 9.79 Å². The minimum Gasteiger partial charge on any atom is -0.370 e. The average molecular weight is 240 g/mol. The molecule has 0 fully saturated rings. The molecule has 98 valence electrons. The molecular weight excluding hydrogens is 216 g/mol. The summed E-state index contributed by atoms with van der Waals surface area (Å²) in [5.41, 5.74) is -0.0754. The number of amides is 1. The first kappa shape index (κ1) is 14.2. The van der Waals surface area contributed by atoms with Crippen molar-refractivity contribution in [2.75, 3.05) is 6.61 Å². The third-order valence-electron chi connectivity index (χ3n) is 2.80. The normalized spacial score (nSPS) is 22.6. The predicted molar refractivity (Wildman–Crippen MR) is 69.1 cm³/mol. The van der Waals surface area contributed by atoms with E-state index >= 15 is 0 Å². The number of nitrogens with one attached hydrogen (secondary N) is 1. The van der Waals surface area contributed by atoms with Crippen molar-refractivity contribution in [3.05, 3.63) is 0 Å². The Morgan fingerprint density at radius 3 is 2.35 bits per heavy atom. The molecular formula is C13H24N2O2. The van der Waals surface area contributed by atoms with Gasteiger partial charge in [0.1, 0.15) is 18.0 Å². The number of carbonyl (C=O) groups excluding carboxylic acids is 1. The van der Waals surface area contributed by atoms with Crippen molar-refractivity contribution in [2.24, 2.45) is 16.3 Å². The molecule has 2 atom stereocenters. The van der Waals surface area contributed by atoms with Gasteiger partial charge in [0.25, 0.3) is 0 Å². The molecule has 0 bridgehead atoms. The van der Waals surface area contributed by atoms with Gasteiger partial charge in [-0.1, -0.05) is 34.6 Å². The molecule has 0 aromatic carbocycles. The van der Waals surface area contributed by atoms with Crippen molar-refractivity contribution in [1.29, 1.82) is 0 Å². The lowest BCUT2D eigenvalue weighted by Crippen LogP contribution is -2.44. The Hall–Kier alpha value is -0.900. The van der Waals surface area contributed by atoms with Crippen LogP contribution in [0.3, 0.4) is 0 Å². The van der Waals surface area contributed by atoms with Crippen LogP contribution in [-0.2, 0) is 9.53 Å². The molecule has 2 unspecified atom stereocenters. The second kappa shape index (κ2) is 5.17. The first-order valence-electron chi connectivity index (χ1n) is 6.27. The Bertz CT molecular complexity index is 316. The number of rotatable bonds is 4. The number of ether oxygens (including phenoxy) is 1. The summed E-state index contributed by atoms with van der Waals surface area (Å²) in [5.74, 6) is 0.891. The lowest BCUT2D eigenvalue weighted by molar-refractivity contribution is -0.121. The Morgan fingerprint density at radius 1 is 1.41 bits per heavy atom. The van der Waals surface area contributed by atoms with Crippen LogP contribution < -0.4 is 5.32 Å². The molecule has 0 saturated carbocycles. The van der Waals surface area contributed by atoms with Crippen molar-refractivity contribution in [3.63, 3.8) is 0 Å². The Balaban J connectivity index is 2.91. The second-order valence-corrected chi connectivity index (χ2v) is 5.89. The molecule has 1 heterocycles. The molecule has 0 aromatic heterocycles. The van der Waals surface area contributed by atoms with Crippen LogP contribution in [0.1, 0.15) is 41.5 Å². The van der Waals surface area contributed by atoms with E-state index in [1.54, 1.807) is 0 Å². The molecule has 1 aliphatic heterocycles. The van der Waals surface area contributed by atoms with Gasteiger partial charge in [0, 0.05) is 6.61 Å². The van der Waals surface area contributed by atoms with Gasteiger partial charge in [0.2, 0.25) is 5.91 Å². The van der Waals surface area contributed by atoms with E-state index in [0.717, 1.165) is 0 Å². The van der Waals surface area contributed by atoms with Gasteiger partial charge in [-0.2, -0.15) is 0 Å². The summed E-state index contributed by atoms with van der Waals surface area (Å²) in [4.78, 5) is 16.3. The van der Waals surface area contributed by atoms with Crippen molar-refractivity contribution in [3.8, 4) is 0 Å². The van der Waals surface area contributed by atoms with Crippen LogP contribution in [0.5, 0.6) is 0 Å². The van der Waals surface area contributed by atoms with Crippen LogP contribution in [-0.4, -0.2) is 30.5 Å². The van der Waals surface area contributed by atoms with Crippen LogP contribution in [0.4, 0.5) is 0 Å². The lowest BCUT2D eigenvalue weighted by atomic mass is 9.88. The van der Waals surface area contributed by atoms with Gasteiger partial charge in [-0.05, 0) is 18.3 Å². The SMILES string of the molecule is CCOC(C1=NC(C(C)C)C(=O)N1)C(C)(C)C. The number of amidine groups is 1. The van der Waals surface area contributed by atoms with E-state index in [0.29, 0.717) is 12.4 Å². The van der Waals surface area contributed by atoms with E-state index in [9.17, 15) is 4.79 Å². The van der Waals surface area contributed by atoms with Gasteiger partial charge in [-0.25, -0.2) is 0 Å². The standard InChI is InChI=1S/C13H24N2O2/c1-7-17-10(13(4,5)6)11-14-9(8(2)3)12(16)15-11/h8-10H,7H2,1-6H3,(H,14,15,16). The zero-order chi connectivity index (χ0) is 13.2. The molecule has 0 spiro atoms. The summed E-state index contributed by atoms with van der Waals surface area (Å²) in [6.07, 6.45) is -0.153. The highest BCUT2D eigenvalue weighted by Gasteiger charge is 2.37. The van der Waals surface area contributed by atoms with Crippen LogP contribution in [0.25, 0.3) is 0 Å². The molecule has 4 nitrogen and oxygen atoms in total. The molecule has 0 aromatic rings. The van der Waals surface area contributed by atoms with Crippen molar-refractivity contribution >= 4 is 11.7 Å². The third-order valence-corrected chi connectivity index (χ3v) is 2.80. The van der Waals surface area contributed by atoms with Crippen LogP contribution >= 0.6 is 0 Å². The summed E-state index contributed by atoms with van der Waals surface area (Å²) in [7, 11) is 0. The number of carbonyl (C=O) groups is 1. The third kappa shape index (κ3) is 3.28. The van der Waals surface area contributed by atoms with Crippen LogP contribution in [0, 0.1) is 11.3 Å². The maximum atomic E-state index is 11.8. The number of hydrogen-bond donors (Lipinski definition) is 1. The largest absolute Gasteiger partial charge is 0.370 e. The Morgan fingerprint density at radius 2 is 2.00 bits per heavy atom. The molecule has 4 heteroatoms. The molecule has 17 heavy (non-hydrogen) atoms. The van der Waals surface area contributed by atoms with Crippen molar-refractivity contribution in [1.82, 2.24) is 5.32 Å². The monoisotopic (exact) mass is 240 g/mol. The van der Waals surface area contributed by atoms with Crippen molar-refractivity contribution in [2.45, 2.75) is 53.7 Å². The van der Waals surface area contributed by atoms with Gasteiger partial charge in [-0.15, -0.1) is 0 Å². The second-order valence-electron chi connectivity index (χ2n) is 5.89. The van der Waals surface area contributed by atoms with Crippen molar-refractivity contribution < 1.29 is 9.53 Å². The Kier molecular flexibility index (Phi) is 4.31.